The molecule has 0 aliphatic carbocycles. The number of hydrogen-bond donors (Lipinski definition) is 2. The molecule has 19 heavy (non-hydrogen) atoms. The minimum absolute atomic E-state index is 0. The summed E-state index contributed by atoms with van der Waals surface area (Å²) in [5.41, 5.74) is 2.97. The maximum atomic E-state index is 12.0. The van der Waals surface area contributed by atoms with Crippen LogP contribution in [0.5, 0.6) is 0 Å². The lowest BCUT2D eigenvalue weighted by Gasteiger charge is -2.04. The van der Waals surface area contributed by atoms with Gasteiger partial charge in [-0.3, -0.25) is 10.1 Å². The lowest BCUT2D eigenvalue weighted by Crippen LogP contribution is -2.11. The highest BCUT2D eigenvalue weighted by Gasteiger charge is 2.14. The Morgan fingerprint density at radius 1 is 1.42 bits per heavy atom. The molecule has 0 spiro atoms. The number of amides is 1. The largest absolute Gasteiger partial charge is 0.384 e. The lowest BCUT2D eigenvalue weighted by atomic mass is 10.1. The third kappa shape index (κ3) is 2.85. The molecule has 1 aromatic carbocycles. The topological polar surface area (TPSA) is 66.9 Å². The van der Waals surface area contributed by atoms with Gasteiger partial charge in [0, 0.05) is 17.8 Å². The molecule has 100 valence electrons. The Labute approximate surface area is 120 Å². The summed E-state index contributed by atoms with van der Waals surface area (Å²) in [6.07, 6.45) is 0.967. The summed E-state index contributed by atoms with van der Waals surface area (Å²) in [4.78, 5) is 12.0. The van der Waals surface area contributed by atoms with Gasteiger partial charge >= 0.3 is 0 Å². The van der Waals surface area contributed by atoms with Gasteiger partial charge in [0.25, 0.3) is 5.91 Å². The maximum Gasteiger partial charge on any atom is 0.257 e. The summed E-state index contributed by atoms with van der Waals surface area (Å²) in [6, 6.07) is 5.70. The fraction of sp³-hybridized carbons (Fsp3) is 0.250. The summed E-state index contributed by atoms with van der Waals surface area (Å²) < 4.78 is 0. The Morgan fingerprint density at radius 2 is 2.26 bits per heavy atom. The van der Waals surface area contributed by atoms with Crippen molar-refractivity contribution in [1.29, 1.82) is 0 Å². The third-order valence-electron chi connectivity index (χ3n) is 2.82. The van der Waals surface area contributed by atoms with Crippen molar-refractivity contribution in [2.24, 2.45) is 0 Å². The predicted octanol–water partition coefficient (Wildman–Crippen LogP) is 2.49. The van der Waals surface area contributed by atoms with Gasteiger partial charge in [-0.15, -0.1) is 22.6 Å². The van der Waals surface area contributed by atoms with E-state index >= 15 is 0 Å². The number of nitrogens with zero attached hydrogens (tertiary/aromatic N) is 2. The zero-order chi connectivity index (χ0) is 12.5. The molecule has 2 N–H and O–H groups in total. The van der Waals surface area contributed by atoms with E-state index in [4.69, 9.17) is 0 Å². The number of fused-ring (bicyclic) bond motifs is 1. The van der Waals surface area contributed by atoms with Gasteiger partial charge in [-0.2, -0.15) is 0 Å². The second-order valence-corrected chi connectivity index (χ2v) is 5.31. The standard InChI is InChI=1S/C12H12N4OS.ClH/c1-7-15-16-12(18-7)14-11(17)9-2-3-10-8(6-9)4-5-13-10;/h2-3,6,13H,4-5H2,1H3,(H,14,16,17);1H. The molecule has 2 heterocycles. The highest BCUT2D eigenvalue weighted by atomic mass is 35.5. The van der Waals surface area contributed by atoms with Crippen LogP contribution < -0.4 is 10.6 Å². The van der Waals surface area contributed by atoms with Crippen molar-refractivity contribution < 1.29 is 4.79 Å². The van der Waals surface area contributed by atoms with Gasteiger partial charge in [0.2, 0.25) is 5.13 Å². The van der Waals surface area contributed by atoms with Crippen LogP contribution in [-0.4, -0.2) is 22.6 Å². The molecule has 1 amide bonds. The van der Waals surface area contributed by atoms with Crippen molar-refractivity contribution in [3.05, 3.63) is 34.3 Å². The molecule has 7 heteroatoms. The van der Waals surface area contributed by atoms with E-state index in [0.717, 1.165) is 23.7 Å². The van der Waals surface area contributed by atoms with E-state index in [2.05, 4.69) is 20.8 Å². The average molecular weight is 297 g/mol. The number of benzene rings is 1. The first-order valence-corrected chi connectivity index (χ1v) is 6.52. The van der Waals surface area contributed by atoms with Crippen molar-refractivity contribution in [3.63, 3.8) is 0 Å². The van der Waals surface area contributed by atoms with Crippen LogP contribution in [0.25, 0.3) is 0 Å². The van der Waals surface area contributed by atoms with Crippen LogP contribution in [0.4, 0.5) is 10.8 Å². The minimum Gasteiger partial charge on any atom is -0.384 e. The molecule has 3 rings (SSSR count). The molecule has 0 bridgehead atoms. The van der Waals surface area contributed by atoms with Crippen LogP contribution in [-0.2, 0) is 6.42 Å². The van der Waals surface area contributed by atoms with Gasteiger partial charge in [0.05, 0.1) is 0 Å². The smallest absolute Gasteiger partial charge is 0.257 e. The van der Waals surface area contributed by atoms with Crippen LogP contribution >= 0.6 is 23.7 Å². The quantitative estimate of drug-likeness (QED) is 0.893. The van der Waals surface area contributed by atoms with E-state index in [9.17, 15) is 4.79 Å². The fourth-order valence-corrected chi connectivity index (χ4v) is 2.55. The number of anilines is 2. The third-order valence-corrected chi connectivity index (χ3v) is 3.58. The van der Waals surface area contributed by atoms with Gasteiger partial charge in [0.15, 0.2) is 0 Å². The summed E-state index contributed by atoms with van der Waals surface area (Å²) in [5, 5.41) is 15.1. The Bertz CT molecular complexity index is 614. The van der Waals surface area contributed by atoms with Crippen LogP contribution in [0.1, 0.15) is 20.9 Å². The summed E-state index contributed by atoms with van der Waals surface area (Å²) in [6.45, 7) is 2.80. The van der Waals surface area contributed by atoms with Gasteiger partial charge in [-0.1, -0.05) is 11.3 Å². The number of hydrogen-bond acceptors (Lipinski definition) is 5. The summed E-state index contributed by atoms with van der Waals surface area (Å²) in [5.74, 6) is -0.138. The first-order chi connectivity index (χ1) is 8.72. The number of rotatable bonds is 2. The fourth-order valence-electron chi connectivity index (χ4n) is 1.96. The highest BCUT2D eigenvalue weighted by molar-refractivity contribution is 7.15. The normalized spacial score (nSPS) is 12.3. The molecule has 0 unspecified atom stereocenters. The molecule has 0 fully saturated rings. The monoisotopic (exact) mass is 296 g/mol. The highest BCUT2D eigenvalue weighted by Crippen LogP contribution is 2.23. The van der Waals surface area contributed by atoms with E-state index < -0.39 is 0 Å². The molecule has 0 saturated heterocycles. The van der Waals surface area contributed by atoms with Gasteiger partial charge in [0.1, 0.15) is 5.01 Å². The molecule has 0 atom stereocenters. The van der Waals surface area contributed by atoms with Crippen molar-refractivity contribution in [3.8, 4) is 0 Å². The number of aromatic nitrogens is 2. The van der Waals surface area contributed by atoms with Crippen LogP contribution in [0.3, 0.4) is 0 Å². The van der Waals surface area contributed by atoms with Gasteiger partial charge in [-0.05, 0) is 37.1 Å². The number of halogens is 1. The molecule has 2 aromatic rings. The van der Waals surface area contributed by atoms with Crippen molar-refractivity contribution in [2.45, 2.75) is 13.3 Å². The molecule has 1 aliphatic rings. The first kappa shape index (κ1) is 13.8. The van der Waals surface area contributed by atoms with Crippen molar-refractivity contribution >= 4 is 40.5 Å². The second kappa shape index (κ2) is 5.54. The molecule has 1 aromatic heterocycles. The first-order valence-electron chi connectivity index (χ1n) is 5.70. The Hall–Kier alpha value is -1.66. The van der Waals surface area contributed by atoms with E-state index in [1.54, 1.807) is 0 Å². The minimum atomic E-state index is -0.138. The van der Waals surface area contributed by atoms with Crippen LogP contribution in [0.2, 0.25) is 0 Å². The Balaban J connectivity index is 0.00000133. The van der Waals surface area contributed by atoms with Crippen LogP contribution in [0, 0.1) is 6.92 Å². The lowest BCUT2D eigenvalue weighted by molar-refractivity contribution is 0.102. The number of aryl methyl sites for hydroxylation is 1. The van der Waals surface area contributed by atoms with E-state index in [1.165, 1.54) is 16.9 Å². The zero-order valence-corrected chi connectivity index (χ0v) is 11.9. The van der Waals surface area contributed by atoms with Crippen LogP contribution in [0.15, 0.2) is 18.2 Å². The SMILES string of the molecule is Cc1nnc(NC(=O)c2ccc3c(c2)CCN3)s1.Cl. The molecular formula is C12H13ClN4OS. The zero-order valence-electron chi connectivity index (χ0n) is 10.3. The molecule has 5 nitrogen and oxygen atoms in total. The molecule has 1 aliphatic heterocycles. The Morgan fingerprint density at radius 3 is 3.00 bits per heavy atom. The van der Waals surface area contributed by atoms with E-state index in [1.807, 2.05) is 25.1 Å². The van der Waals surface area contributed by atoms with Crippen molar-refractivity contribution in [1.82, 2.24) is 10.2 Å². The van der Waals surface area contributed by atoms with Crippen molar-refractivity contribution in [2.75, 3.05) is 17.2 Å². The predicted molar refractivity (Wildman–Crippen MR) is 78.5 cm³/mol. The van der Waals surface area contributed by atoms with E-state index in [-0.39, 0.29) is 18.3 Å². The van der Waals surface area contributed by atoms with Gasteiger partial charge < -0.3 is 5.32 Å². The maximum absolute atomic E-state index is 12.0. The van der Waals surface area contributed by atoms with Gasteiger partial charge in [-0.25, -0.2) is 0 Å². The van der Waals surface area contributed by atoms with E-state index in [0.29, 0.717) is 10.7 Å². The molecule has 0 radical (unpaired) electrons. The Kier molecular flexibility index (Phi) is 4.01. The summed E-state index contributed by atoms with van der Waals surface area (Å²) >= 11 is 1.37. The molecular weight excluding hydrogens is 284 g/mol. The number of carbonyl (C=O) groups excluding carboxylic acids is 1. The molecule has 0 saturated carbocycles. The average Bonchev–Trinajstić information content (AvgIpc) is 2.96. The number of carbonyl (C=O) groups is 1. The summed E-state index contributed by atoms with van der Waals surface area (Å²) in [7, 11) is 0. The second-order valence-electron chi connectivity index (χ2n) is 4.13. The number of nitrogens with one attached hydrogen (secondary N) is 2.